The highest BCUT2D eigenvalue weighted by Crippen LogP contribution is 2.34. The fourth-order valence-corrected chi connectivity index (χ4v) is 4.32. The Kier molecular flexibility index (Phi) is 6.59. The lowest BCUT2D eigenvalue weighted by molar-refractivity contribution is 0.0849. The summed E-state index contributed by atoms with van der Waals surface area (Å²) in [6.07, 6.45) is 0. The number of carbonyl (C=O) groups excluding carboxylic acids is 2. The first-order chi connectivity index (χ1) is 13.4. The first kappa shape index (κ1) is 20.6. The second-order valence-electron chi connectivity index (χ2n) is 6.50. The second-order valence-corrected chi connectivity index (χ2v) is 8.78. The van der Waals surface area contributed by atoms with Gasteiger partial charge in [-0.05, 0) is 46.1 Å². The highest BCUT2D eigenvalue weighted by atomic mass is 79.9. The summed E-state index contributed by atoms with van der Waals surface area (Å²) in [4.78, 5) is 25.1. The summed E-state index contributed by atoms with van der Waals surface area (Å²) < 4.78 is 7.24. The first-order valence-corrected chi connectivity index (χ1v) is 10.6. The molecule has 0 fully saturated rings. The number of fused-ring (bicyclic) bond motifs is 1. The summed E-state index contributed by atoms with van der Waals surface area (Å²) in [5.74, 6) is 0.148. The molecule has 0 aliphatic rings. The smallest absolute Gasteiger partial charge is 0.281 e. The van der Waals surface area contributed by atoms with Gasteiger partial charge in [0, 0.05) is 15.6 Å². The van der Waals surface area contributed by atoms with Crippen molar-refractivity contribution in [2.45, 2.75) is 13.8 Å². The highest BCUT2D eigenvalue weighted by Gasteiger charge is 2.18. The maximum absolute atomic E-state index is 12.4. The SMILES string of the molecule is CC(C)COc1ccc(C(=O)NNC(=O)c2sc3ccccc3c2Cl)cc1Br. The largest absolute Gasteiger partial charge is 0.492 e. The van der Waals surface area contributed by atoms with Gasteiger partial charge in [0.1, 0.15) is 10.6 Å². The zero-order valence-corrected chi connectivity index (χ0v) is 18.4. The third kappa shape index (κ3) is 4.66. The van der Waals surface area contributed by atoms with Crippen molar-refractivity contribution in [2.24, 2.45) is 5.92 Å². The summed E-state index contributed by atoms with van der Waals surface area (Å²) in [6, 6.07) is 12.5. The molecule has 1 aromatic heterocycles. The summed E-state index contributed by atoms with van der Waals surface area (Å²) in [7, 11) is 0. The second kappa shape index (κ2) is 8.94. The van der Waals surface area contributed by atoms with E-state index in [-0.39, 0.29) is 0 Å². The third-order valence-corrected chi connectivity index (χ3v) is 6.09. The fraction of sp³-hybridized carbons (Fsp3) is 0.200. The van der Waals surface area contributed by atoms with Crippen LogP contribution in [0.15, 0.2) is 46.9 Å². The van der Waals surface area contributed by atoms with E-state index in [2.05, 4.69) is 40.6 Å². The van der Waals surface area contributed by atoms with E-state index in [1.807, 2.05) is 24.3 Å². The van der Waals surface area contributed by atoms with E-state index in [1.165, 1.54) is 11.3 Å². The van der Waals surface area contributed by atoms with Gasteiger partial charge >= 0.3 is 0 Å². The Morgan fingerprint density at radius 3 is 2.54 bits per heavy atom. The lowest BCUT2D eigenvalue weighted by atomic mass is 10.2. The molecule has 0 radical (unpaired) electrons. The zero-order valence-electron chi connectivity index (χ0n) is 15.2. The molecule has 3 aromatic rings. The summed E-state index contributed by atoms with van der Waals surface area (Å²) >= 11 is 11.0. The van der Waals surface area contributed by atoms with Crippen molar-refractivity contribution in [3.05, 3.63) is 62.4 Å². The van der Waals surface area contributed by atoms with Crippen LogP contribution in [0.1, 0.15) is 33.9 Å². The number of amides is 2. The molecule has 0 unspecified atom stereocenters. The molecule has 2 N–H and O–H groups in total. The van der Waals surface area contributed by atoms with Crippen molar-refractivity contribution < 1.29 is 14.3 Å². The number of carbonyl (C=O) groups is 2. The minimum Gasteiger partial charge on any atom is -0.492 e. The van der Waals surface area contributed by atoms with Crippen molar-refractivity contribution in [1.82, 2.24) is 10.9 Å². The lowest BCUT2D eigenvalue weighted by Crippen LogP contribution is -2.41. The van der Waals surface area contributed by atoms with Crippen molar-refractivity contribution in [1.29, 1.82) is 0 Å². The molecular weight excluding hydrogens is 464 g/mol. The van der Waals surface area contributed by atoms with Gasteiger partial charge in [0.2, 0.25) is 0 Å². The topological polar surface area (TPSA) is 67.4 Å². The van der Waals surface area contributed by atoms with Gasteiger partial charge in [-0.1, -0.05) is 43.6 Å². The van der Waals surface area contributed by atoms with Gasteiger partial charge in [-0.3, -0.25) is 20.4 Å². The van der Waals surface area contributed by atoms with Gasteiger partial charge in [-0.15, -0.1) is 11.3 Å². The number of rotatable bonds is 5. The molecule has 5 nitrogen and oxygen atoms in total. The van der Waals surface area contributed by atoms with Crippen LogP contribution in [0.3, 0.4) is 0 Å². The van der Waals surface area contributed by atoms with Gasteiger partial charge in [-0.2, -0.15) is 0 Å². The van der Waals surface area contributed by atoms with Crippen molar-refractivity contribution >= 4 is 60.8 Å². The van der Waals surface area contributed by atoms with E-state index in [1.54, 1.807) is 18.2 Å². The molecule has 0 bridgehead atoms. The van der Waals surface area contributed by atoms with Gasteiger partial charge in [0.05, 0.1) is 16.1 Å². The Hall–Kier alpha value is -2.09. The molecule has 0 saturated heterocycles. The standard InChI is InChI=1S/C20H18BrClN2O3S/c1-11(2)10-27-15-8-7-12(9-14(15)21)19(25)23-24-20(26)18-17(22)13-5-3-4-6-16(13)28-18/h3-9,11H,10H2,1-2H3,(H,23,25)(H,24,26). The van der Waals surface area contributed by atoms with Gasteiger partial charge in [0.15, 0.2) is 0 Å². The van der Waals surface area contributed by atoms with E-state index in [9.17, 15) is 9.59 Å². The molecular formula is C20H18BrClN2O3S. The molecule has 8 heteroatoms. The van der Waals surface area contributed by atoms with E-state index >= 15 is 0 Å². The van der Waals surface area contributed by atoms with Crippen LogP contribution >= 0.6 is 38.9 Å². The minimum atomic E-state index is -0.462. The monoisotopic (exact) mass is 480 g/mol. The number of halogens is 2. The van der Waals surface area contributed by atoms with Crippen molar-refractivity contribution in [3.63, 3.8) is 0 Å². The number of thiophene rings is 1. The fourth-order valence-electron chi connectivity index (χ4n) is 2.42. The molecule has 0 aliphatic heterocycles. The molecule has 146 valence electrons. The first-order valence-electron chi connectivity index (χ1n) is 8.57. The van der Waals surface area contributed by atoms with E-state index in [0.717, 1.165) is 10.1 Å². The maximum Gasteiger partial charge on any atom is 0.281 e. The third-order valence-electron chi connectivity index (χ3n) is 3.80. The lowest BCUT2D eigenvalue weighted by Gasteiger charge is -2.12. The molecule has 2 aromatic carbocycles. The molecule has 1 heterocycles. The molecule has 0 aliphatic carbocycles. The zero-order chi connectivity index (χ0) is 20.3. The molecule has 2 amide bonds. The maximum atomic E-state index is 12.4. The van der Waals surface area contributed by atoms with Crippen LogP contribution < -0.4 is 15.6 Å². The highest BCUT2D eigenvalue weighted by molar-refractivity contribution is 9.10. The number of nitrogens with one attached hydrogen (secondary N) is 2. The number of hydrogen-bond acceptors (Lipinski definition) is 4. The van der Waals surface area contributed by atoms with Gasteiger partial charge in [-0.25, -0.2) is 0 Å². The Balaban J connectivity index is 1.65. The quantitative estimate of drug-likeness (QED) is 0.478. The normalized spacial score (nSPS) is 10.9. The Morgan fingerprint density at radius 2 is 1.86 bits per heavy atom. The number of benzene rings is 2. The Bertz CT molecular complexity index is 1040. The predicted molar refractivity (Wildman–Crippen MR) is 116 cm³/mol. The molecule has 0 spiro atoms. The average Bonchev–Trinajstić information content (AvgIpc) is 3.01. The Labute approximate surface area is 180 Å². The summed E-state index contributed by atoms with van der Waals surface area (Å²) in [5, 5.41) is 1.19. The molecule has 0 atom stereocenters. The molecule has 28 heavy (non-hydrogen) atoms. The van der Waals surface area contributed by atoms with Crippen molar-refractivity contribution in [3.8, 4) is 5.75 Å². The average molecular weight is 482 g/mol. The van der Waals surface area contributed by atoms with E-state index in [4.69, 9.17) is 16.3 Å². The van der Waals surface area contributed by atoms with Crippen LogP contribution in [-0.4, -0.2) is 18.4 Å². The van der Waals surface area contributed by atoms with Crippen LogP contribution in [0.4, 0.5) is 0 Å². The minimum absolute atomic E-state index is 0.349. The van der Waals surface area contributed by atoms with Crippen molar-refractivity contribution in [2.75, 3.05) is 6.61 Å². The van der Waals surface area contributed by atoms with E-state index in [0.29, 0.717) is 38.2 Å². The van der Waals surface area contributed by atoms with Crippen LogP contribution in [-0.2, 0) is 0 Å². The summed E-state index contributed by atoms with van der Waals surface area (Å²) in [5.41, 5.74) is 5.21. The van der Waals surface area contributed by atoms with Gasteiger partial charge in [0.25, 0.3) is 11.8 Å². The Morgan fingerprint density at radius 1 is 1.14 bits per heavy atom. The van der Waals surface area contributed by atoms with Crippen LogP contribution in [0.2, 0.25) is 5.02 Å². The number of ether oxygens (including phenoxy) is 1. The number of hydrogen-bond donors (Lipinski definition) is 2. The van der Waals surface area contributed by atoms with Gasteiger partial charge < -0.3 is 4.74 Å². The molecule has 3 rings (SSSR count). The van der Waals surface area contributed by atoms with Crippen LogP contribution in [0.25, 0.3) is 10.1 Å². The summed E-state index contributed by atoms with van der Waals surface area (Å²) in [6.45, 7) is 4.69. The predicted octanol–water partition coefficient (Wildman–Crippen LogP) is 5.43. The molecule has 0 saturated carbocycles. The van der Waals surface area contributed by atoms with Crippen LogP contribution in [0.5, 0.6) is 5.75 Å². The number of hydrazine groups is 1. The van der Waals surface area contributed by atoms with Crippen LogP contribution in [0, 0.1) is 5.92 Å². The van der Waals surface area contributed by atoms with E-state index < -0.39 is 11.8 Å².